The van der Waals surface area contributed by atoms with Gasteiger partial charge in [0.15, 0.2) is 5.82 Å². The number of rotatable bonds is 4. The number of aromatic nitrogens is 2. The fourth-order valence-electron chi connectivity index (χ4n) is 1.33. The molecule has 2 aromatic heterocycles. The molecule has 0 amide bonds. The standard InChI is InChI=1S/C10H12BrN3OS/c1-2-3-8-13-10(14-15-8)9(12)6-4-5-7(11)16-6/h4-5,9H,2-3,12H2,1H3. The molecule has 2 heterocycles. The third-order valence-electron chi connectivity index (χ3n) is 2.13. The van der Waals surface area contributed by atoms with E-state index >= 15 is 0 Å². The van der Waals surface area contributed by atoms with E-state index < -0.39 is 0 Å². The van der Waals surface area contributed by atoms with Gasteiger partial charge < -0.3 is 10.3 Å². The molecule has 0 aromatic carbocycles. The molecule has 0 saturated heterocycles. The average molecular weight is 302 g/mol. The van der Waals surface area contributed by atoms with Gasteiger partial charge in [-0.1, -0.05) is 12.1 Å². The predicted molar refractivity (Wildman–Crippen MR) is 66.3 cm³/mol. The maximum absolute atomic E-state index is 6.04. The van der Waals surface area contributed by atoms with Crippen LogP contribution in [0.3, 0.4) is 0 Å². The van der Waals surface area contributed by atoms with Crippen molar-refractivity contribution < 1.29 is 4.52 Å². The zero-order valence-corrected chi connectivity index (χ0v) is 11.2. The van der Waals surface area contributed by atoms with Gasteiger partial charge in [0.25, 0.3) is 0 Å². The number of nitrogens with zero attached hydrogens (tertiary/aromatic N) is 2. The van der Waals surface area contributed by atoms with E-state index in [0.29, 0.717) is 11.7 Å². The van der Waals surface area contributed by atoms with E-state index in [9.17, 15) is 0 Å². The summed E-state index contributed by atoms with van der Waals surface area (Å²) in [6.45, 7) is 2.07. The first-order chi connectivity index (χ1) is 7.70. The monoisotopic (exact) mass is 301 g/mol. The summed E-state index contributed by atoms with van der Waals surface area (Å²) >= 11 is 4.99. The van der Waals surface area contributed by atoms with Gasteiger partial charge in [-0.3, -0.25) is 0 Å². The van der Waals surface area contributed by atoms with Crippen LogP contribution in [0.1, 0.15) is 36.0 Å². The minimum atomic E-state index is -0.300. The van der Waals surface area contributed by atoms with Crippen LogP contribution < -0.4 is 5.73 Å². The Labute approximate surface area is 106 Å². The first-order valence-electron chi connectivity index (χ1n) is 5.04. The number of aryl methyl sites for hydroxylation is 1. The van der Waals surface area contributed by atoms with Crippen LogP contribution in [0.2, 0.25) is 0 Å². The molecular formula is C10H12BrN3OS. The summed E-state index contributed by atoms with van der Waals surface area (Å²) in [5.41, 5.74) is 6.04. The average Bonchev–Trinajstić information content (AvgIpc) is 2.87. The summed E-state index contributed by atoms with van der Waals surface area (Å²) in [5, 5.41) is 3.90. The van der Waals surface area contributed by atoms with Crippen LogP contribution in [0.25, 0.3) is 0 Å². The quantitative estimate of drug-likeness (QED) is 0.943. The third kappa shape index (κ3) is 2.50. The molecule has 4 nitrogen and oxygen atoms in total. The summed E-state index contributed by atoms with van der Waals surface area (Å²) in [6, 6.07) is 3.63. The highest BCUT2D eigenvalue weighted by Gasteiger charge is 2.17. The highest BCUT2D eigenvalue weighted by molar-refractivity contribution is 9.11. The van der Waals surface area contributed by atoms with E-state index in [1.807, 2.05) is 12.1 Å². The maximum Gasteiger partial charge on any atom is 0.226 e. The number of thiophene rings is 1. The first-order valence-corrected chi connectivity index (χ1v) is 6.65. The van der Waals surface area contributed by atoms with Gasteiger partial charge in [-0.2, -0.15) is 4.98 Å². The summed E-state index contributed by atoms with van der Waals surface area (Å²) in [4.78, 5) is 5.30. The van der Waals surface area contributed by atoms with Crippen molar-refractivity contribution >= 4 is 27.3 Å². The molecule has 2 N–H and O–H groups in total. The number of halogens is 1. The van der Waals surface area contributed by atoms with Crippen molar-refractivity contribution in [1.82, 2.24) is 10.1 Å². The lowest BCUT2D eigenvalue weighted by atomic mass is 10.2. The molecule has 0 saturated carbocycles. The van der Waals surface area contributed by atoms with Gasteiger partial charge in [0, 0.05) is 11.3 Å². The van der Waals surface area contributed by atoms with Gasteiger partial charge >= 0.3 is 0 Å². The summed E-state index contributed by atoms with van der Waals surface area (Å²) in [5.74, 6) is 1.21. The molecule has 0 spiro atoms. The lowest BCUT2D eigenvalue weighted by molar-refractivity contribution is 0.370. The predicted octanol–water partition coefficient (Wildman–Crippen LogP) is 2.89. The van der Waals surface area contributed by atoms with Crippen LogP contribution >= 0.6 is 27.3 Å². The van der Waals surface area contributed by atoms with Crippen LogP contribution in [0.4, 0.5) is 0 Å². The SMILES string of the molecule is CCCc1nc(C(N)c2ccc(Br)s2)no1. The van der Waals surface area contributed by atoms with Crippen molar-refractivity contribution in [2.45, 2.75) is 25.8 Å². The van der Waals surface area contributed by atoms with Crippen molar-refractivity contribution in [2.24, 2.45) is 5.73 Å². The number of hydrogen-bond donors (Lipinski definition) is 1. The Hall–Kier alpha value is -0.720. The van der Waals surface area contributed by atoms with Crippen molar-refractivity contribution in [3.8, 4) is 0 Å². The van der Waals surface area contributed by atoms with Crippen molar-refractivity contribution in [3.63, 3.8) is 0 Å². The zero-order valence-electron chi connectivity index (χ0n) is 8.81. The fraction of sp³-hybridized carbons (Fsp3) is 0.400. The Morgan fingerprint density at radius 3 is 3.00 bits per heavy atom. The van der Waals surface area contributed by atoms with Crippen LogP contribution in [-0.2, 0) is 6.42 Å². The van der Waals surface area contributed by atoms with Crippen LogP contribution in [0.5, 0.6) is 0 Å². The van der Waals surface area contributed by atoms with Gasteiger partial charge in [0.1, 0.15) is 6.04 Å². The van der Waals surface area contributed by atoms with Crippen molar-refractivity contribution in [2.75, 3.05) is 0 Å². The van der Waals surface area contributed by atoms with E-state index in [1.54, 1.807) is 11.3 Å². The molecule has 0 fully saturated rings. The lowest BCUT2D eigenvalue weighted by Gasteiger charge is -2.01. The van der Waals surface area contributed by atoms with Crippen LogP contribution in [0.15, 0.2) is 20.4 Å². The van der Waals surface area contributed by atoms with E-state index in [0.717, 1.165) is 21.5 Å². The smallest absolute Gasteiger partial charge is 0.226 e. The number of nitrogens with two attached hydrogens (primary N) is 1. The highest BCUT2D eigenvalue weighted by Crippen LogP contribution is 2.28. The van der Waals surface area contributed by atoms with Gasteiger partial charge in [0.2, 0.25) is 5.89 Å². The molecule has 0 aliphatic carbocycles. The second-order valence-corrected chi connectivity index (χ2v) is 5.91. The molecule has 1 atom stereocenters. The lowest BCUT2D eigenvalue weighted by Crippen LogP contribution is -2.12. The zero-order chi connectivity index (χ0) is 11.5. The normalized spacial score (nSPS) is 12.9. The Bertz CT molecular complexity index is 468. The molecule has 1 unspecified atom stereocenters. The van der Waals surface area contributed by atoms with E-state index in [2.05, 4.69) is 33.0 Å². The van der Waals surface area contributed by atoms with Crippen molar-refractivity contribution in [3.05, 3.63) is 32.5 Å². The summed E-state index contributed by atoms with van der Waals surface area (Å²) in [7, 11) is 0. The summed E-state index contributed by atoms with van der Waals surface area (Å²) in [6.07, 6.45) is 1.79. The summed E-state index contributed by atoms with van der Waals surface area (Å²) < 4.78 is 6.16. The Morgan fingerprint density at radius 1 is 1.56 bits per heavy atom. The molecule has 0 radical (unpaired) electrons. The highest BCUT2D eigenvalue weighted by atomic mass is 79.9. The fourth-order valence-corrected chi connectivity index (χ4v) is 2.76. The Morgan fingerprint density at radius 2 is 2.38 bits per heavy atom. The Balaban J connectivity index is 2.17. The number of hydrogen-bond acceptors (Lipinski definition) is 5. The Kier molecular flexibility index (Phi) is 3.73. The third-order valence-corrected chi connectivity index (χ3v) is 3.83. The van der Waals surface area contributed by atoms with Gasteiger partial charge in [-0.25, -0.2) is 0 Å². The molecule has 0 aliphatic rings. The molecule has 86 valence electrons. The van der Waals surface area contributed by atoms with Gasteiger partial charge in [-0.15, -0.1) is 11.3 Å². The van der Waals surface area contributed by atoms with Crippen molar-refractivity contribution in [1.29, 1.82) is 0 Å². The molecule has 16 heavy (non-hydrogen) atoms. The van der Waals surface area contributed by atoms with Crippen LogP contribution in [0, 0.1) is 0 Å². The van der Waals surface area contributed by atoms with E-state index in [4.69, 9.17) is 10.3 Å². The van der Waals surface area contributed by atoms with Gasteiger partial charge in [-0.05, 0) is 34.5 Å². The minimum absolute atomic E-state index is 0.300. The van der Waals surface area contributed by atoms with Gasteiger partial charge in [0.05, 0.1) is 3.79 Å². The minimum Gasteiger partial charge on any atom is -0.339 e. The molecule has 2 rings (SSSR count). The molecule has 6 heteroatoms. The molecule has 2 aromatic rings. The van der Waals surface area contributed by atoms with E-state index in [1.165, 1.54) is 0 Å². The second kappa shape index (κ2) is 5.07. The van der Waals surface area contributed by atoms with E-state index in [-0.39, 0.29) is 6.04 Å². The molecular weight excluding hydrogens is 290 g/mol. The molecule has 0 aliphatic heterocycles. The largest absolute Gasteiger partial charge is 0.339 e. The van der Waals surface area contributed by atoms with Crippen LogP contribution in [-0.4, -0.2) is 10.1 Å². The first kappa shape index (κ1) is 11.8. The molecule has 0 bridgehead atoms. The topological polar surface area (TPSA) is 64.9 Å². The second-order valence-electron chi connectivity index (χ2n) is 3.42. The maximum atomic E-state index is 6.04.